The number of amides is 1. The zero-order valence-corrected chi connectivity index (χ0v) is 21.2. The van der Waals surface area contributed by atoms with Gasteiger partial charge >= 0.3 is 7.59 Å². The number of nitrogens with one attached hydrogen (secondary N) is 2. The van der Waals surface area contributed by atoms with Crippen LogP contribution in [0.2, 0.25) is 0 Å². The van der Waals surface area contributed by atoms with Crippen molar-refractivity contribution >= 4 is 13.5 Å². The third kappa shape index (κ3) is 4.26. The molecule has 5 atom stereocenters. The molecule has 5 rings (SSSR count). The molecule has 182 valence electrons. The van der Waals surface area contributed by atoms with Crippen molar-refractivity contribution in [3.63, 3.8) is 0 Å². The lowest BCUT2D eigenvalue weighted by Gasteiger charge is -2.38. The Bertz CT molecular complexity index is 962. The van der Waals surface area contributed by atoms with Gasteiger partial charge in [0, 0.05) is 24.2 Å². The Morgan fingerprint density at radius 1 is 0.853 bits per heavy atom. The summed E-state index contributed by atoms with van der Waals surface area (Å²) in [6.07, 6.45) is 6.03. The number of fused-ring (bicyclic) bond motifs is 1. The second kappa shape index (κ2) is 9.94. The Hall–Kier alpha value is -1.98. The molecule has 3 fully saturated rings. The normalized spacial score (nSPS) is 28.8. The first-order valence-electron chi connectivity index (χ1n) is 12.8. The highest BCUT2D eigenvalue weighted by Gasteiger charge is 2.59. The molecule has 0 radical (unpaired) electrons. The third-order valence-electron chi connectivity index (χ3n) is 7.99. The van der Waals surface area contributed by atoms with Gasteiger partial charge in [-0.3, -0.25) is 14.4 Å². The molecule has 0 bridgehead atoms. The van der Waals surface area contributed by atoms with Crippen molar-refractivity contribution in [3.05, 3.63) is 71.8 Å². The summed E-state index contributed by atoms with van der Waals surface area (Å²) in [4.78, 5) is 13.4. The number of benzene rings is 2. The summed E-state index contributed by atoms with van der Waals surface area (Å²) < 4.78 is 19.7. The van der Waals surface area contributed by atoms with Crippen molar-refractivity contribution in [2.24, 2.45) is 0 Å². The van der Waals surface area contributed by atoms with Crippen LogP contribution in [0.5, 0.6) is 0 Å². The van der Waals surface area contributed by atoms with Gasteiger partial charge in [-0.2, -0.15) is 0 Å². The Balaban J connectivity index is 1.59. The van der Waals surface area contributed by atoms with Crippen LogP contribution in [-0.4, -0.2) is 39.9 Å². The van der Waals surface area contributed by atoms with Gasteiger partial charge in [0.05, 0.1) is 6.04 Å². The molecule has 2 aliphatic heterocycles. The molecule has 3 aliphatic rings. The van der Waals surface area contributed by atoms with E-state index in [2.05, 4.69) is 57.9 Å². The van der Waals surface area contributed by atoms with Gasteiger partial charge < -0.3 is 5.32 Å². The van der Waals surface area contributed by atoms with Crippen LogP contribution in [0.3, 0.4) is 0 Å². The molecule has 2 aromatic carbocycles. The molecule has 6 nitrogen and oxygen atoms in total. The van der Waals surface area contributed by atoms with Crippen molar-refractivity contribution in [2.45, 2.75) is 82.6 Å². The fraction of sp³-hybridized carbons (Fsp3) is 0.519. The first-order valence-corrected chi connectivity index (χ1v) is 14.4. The summed E-state index contributed by atoms with van der Waals surface area (Å²) in [7, 11) is -3.42. The second-order valence-electron chi connectivity index (χ2n) is 10.0. The molecule has 0 aromatic heterocycles. The predicted molar refractivity (Wildman–Crippen MR) is 136 cm³/mol. The van der Waals surface area contributed by atoms with E-state index in [4.69, 9.17) is 0 Å². The quantitative estimate of drug-likeness (QED) is 0.541. The summed E-state index contributed by atoms with van der Waals surface area (Å²) in [5, 5.41) is 6.45. The molecule has 0 spiro atoms. The monoisotopic (exact) mass is 480 g/mol. The van der Waals surface area contributed by atoms with Crippen molar-refractivity contribution in [2.75, 3.05) is 6.54 Å². The Labute approximate surface area is 203 Å². The fourth-order valence-electron chi connectivity index (χ4n) is 6.29. The molecule has 2 aromatic rings. The smallest absolute Gasteiger partial charge is 0.306 e. The largest absolute Gasteiger partial charge is 0.312 e. The summed E-state index contributed by atoms with van der Waals surface area (Å²) in [6, 6.07) is 20.5. The van der Waals surface area contributed by atoms with E-state index in [1.54, 1.807) is 0 Å². The number of nitrogens with zero attached hydrogens (tertiary/aromatic N) is 2. The van der Waals surface area contributed by atoms with Crippen LogP contribution in [0.15, 0.2) is 60.7 Å². The lowest BCUT2D eigenvalue weighted by molar-refractivity contribution is -0.121. The van der Waals surface area contributed by atoms with E-state index < -0.39 is 7.59 Å². The van der Waals surface area contributed by atoms with Crippen molar-refractivity contribution in [3.8, 4) is 0 Å². The number of carbonyl (C=O) groups is 1. The average molecular weight is 481 g/mol. The van der Waals surface area contributed by atoms with Gasteiger partial charge in [0.1, 0.15) is 0 Å². The minimum Gasteiger partial charge on any atom is -0.306 e. The van der Waals surface area contributed by atoms with Crippen LogP contribution in [0.1, 0.15) is 75.6 Å². The van der Waals surface area contributed by atoms with E-state index in [1.807, 2.05) is 36.4 Å². The summed E-state index contributed by atoms with van der Waals surface area (Å²) in [5.41, 5.74) is 2.27. The van der Waals surface area contributed by atoms with Crippen molar-refractivity contribution in [1.82, 2.24) is 19.7 Å². The van der Waals surface area contributed by atoms with E-state index in [0.29, 0.717) is 0 Å². The Kier molecular flexibility index (Phi) is 6.95. The first-order chi connectivity index (χ1) is 16.5. The Morgan fingerprint density at radius 3 is 1.79 bits per heavy atom. The van der Waals surface area contributed by atoms with Crippen LogP contribution in [0.4, 0.5) is 0 Å². The van der Waals surface area contributed by atoms with Gasteiger partial charge in [0.25, 0.3) is 0 Å². The van der Waals surface area contributed by atoms with E-state index in [0.717, 1.165) is 56.2 Å². The molecule has 1 saturated carbocycles. The average Bonchev–Trinajstić information content (AvgIpc) is 3.49. The zero-order valence-electron chi connectivity index (χ0n) is 20.3. The molecule has 1 amide bonds. The molecule has 34 heavy (non-hydrogen) atoms. The standard InChI is InChI=1S/C27H37N4O2P/c1-20(22-12-5-3-6-13-22)30-25-17-9-10-18-26(25)31(21(2)23-14-7-4-8-15-23)34(30,33)29-27(32)24-16-11-19-28-24/h3-8,12-15,20-21,24-26,28H,9-11,16-19H2,1-2H3,(H,29,32,33)/t20-,21-,24-,25-,26-/m1/s1. The molecule has 0 unspecified atom stereocenters. The van der Waals surface area contributed by atoms with Gasteiger partial charge in [-0.05, 0) is 57.2 Å². The van der Waals surface area contributed by atoms with E-state index in [1.165, 1.54) is 0 Å². The molecule has 2 saturated heterocycles. The second-order valence-corrected chi connectivity index (χ2v) is 12.3. The number of carbonyl (C=O) groups excluding carboxylic acids is 1. The molecule has 2 heterocycles. The lowest BCUT2D eigenvalue weighted by atomic mass is 9.88. The van der Waals surface area contributed by atoms with Crippen LogP contribution < -0.4 is 10.4 Å². The SMILES string of the molecule is C[C@H](c1ccccc1)N1[C@@H]2CCCC[C@H]2N([C@H](C)c2ccccc2)P1(=O)NC(=O)[C@H]1CCCN1. The summed E-state index contributed by atoms with van der Waals surface area (Å²) in [5.74, 6) is -0.130. The molecule has 1 aliphatic carbocycles. The van der Waals surface area contributed by atoms with Gasteiger partial charge in [-0.1, -0.05) is 73.5 Å². The highest BCUT2D eigenvalue weighted by atomic mass is 31.2. The van der Waals surface area contributed by atoms with E-state index >= 15 is 4.57 Å². The molecular weight excluding hydrogens is 443 g/mol. The maximum absolute atomic E-state index is 15.3. The summed E-state index contributed by atoms with van der Waals surface area (Å²) in [6.45, 7) is 5.12. The highest BCUT2D eigenvalue weighted by molar-refractivity contribution is 7.58. The van der Waals surface area contributed by atoms with E-state index in [-0.39, 0.29) is 36.1 Å². The minimum atomic E-state index is -3.42. The summed E-state index contributed by atoms with van der Waals surface area (Å²) >= 11 is 0. The van der Waals surface area contributed by atoms with Crippen LogP contribution in [0.25, 0.3) is 0 Å². The zero-order chi connectivity index (χ0) is 23.7. The van der Waals surface area contributed by atoms with E-state index in [9.17, 15) is 4.79 Å². The van der Waals surface area contributed by atoms with Gasteiger partial charge in [-0.15, -0.1) is 0 Å². The third-order valence-corrected chi connectivity index (χ3v) is 11.0. The minimum absolute atomic E-state index is 0.0672. The first kappa shape index (κ1) is 23.7. The molecule has 7 heteroatoms. The van der Waals surface area contributed by atoms with Crippen LogP contribution in [-0.2, 0) is 9.36 Å². The number of rotatable bonds is 6. The van der Waals surface area contributed by atoms with Gasteiger partial charge in [0.15, 0.2) is 0 Å². The van der Waals surface area contributed by atoms with Gasteiger partial charge in [0.2, 0.25) is 5.91 Å². The predicted octanol–water partition coefficient (Wildman–Crippen LogP) is 5.41. The molecule has 2 N–H and O–H groups in total. The van der Waals surface area contributed by atoms with Crippen LogP contribution in [0, 0.1) is 0 Å². The highest BCUT2D eigenvalue weighted by Crippen LogP contribution is 2.66. The van der Waals surface area contributed by atoms with Gasteiger partial charge in [-0.25, -0.2) is 9.34 Å². The topological polar surface area (TPSA) is 64.7 Å². The molecular formula is C27H37N4O2P. The van der Waals surface area contributed by atoms with Crippen LogP contribution >= 0.6 is 7.59 Å². The fourth-order valence-corrected chi connectivity index (χ4v) is 9.75. The van der Waals surface area contributed by atoms with Crippen molar-refractivity contribution in [1.29, 1.82) is 0 Å². The number of hydrogen-bond acceptors (Lipinski definition) is 3. The maximum Gasteiger partial charge on any atom is 0.312 e. The van der Waals surface area contributed by atoms with Crippen molar-refractivity contribution < 1.29 is 9.36 Å². The maximum atomic E-state index is 15.3. The number of hydrogen-bond donors (Lipinski definition) is 2. The lowest BCUT2D eigenvalue weighted by Crippen LogP contribution is -2.44. The Morgan fingerprint density at radius 2 is 1.35 bits per heavy atom.